The monoisotopic (exact) mass is 279 g/mol. The summed E-state index contributed by atoms with van der Waals surface area (Å²) in [4.78, 5) is 0. The number of ether oxygens (including phenoxy) is 1. The van der Waals surface area contributed by atoms with Crippen LogP contribution in [0.25, 0.3) is 0 Å². The maximum atomic E-state index is 13.3. The number of nitrogens with two attached hydrogens (primary N) is 1. The van der Waals surface area contributed by atoms with Crippen molar-refractivity contribution < 1.29 is 21.9 Å². The number of benzene rings is 1. The Morgan fingerprint density at radius 2 is 1.89 bits per heavy atom. The van der Waals surface area contributed by atoms with Crippen LogP contribution in [0.2, 0.25) is 0 Å². The predicted octanol–water partition coefficient (Wildman–Crippen LogP) is 1.75. The molecule has 0 radical (unpaired) electrons. The average Bonchev–Trinajstić information content (AvgIpc) is 2.25. The average molecular weight is 279 g/mol. The standard InChI is InChI=1S/C11H15F2NO3S/c1-7(2)18(15,16)4-3-17-11-6-8(12)10(14)5-9(11)13/h5-7H,3-4,14H2,1-2H3. The highest BCUT2D eigenvalue weighted by atomic mass is 32.2. The van der Waals surface area contributed by atoms with E-state index in [0.717, 1.165) is 12.1 Å². The third-order valence-corrected chi connectivity index (χ3v) is 4.57. The number of halogens is 2. The van der Waals surface area contributed by atoms with Crippen LogP contribution in [0.15, 0.2) is 12.1 Å². The molecule has 102 valence electrons. The van der Waals surface area contributed by atoms with E-state index in [4.69, 9.17) is 10.5 Å². The lowest BCUT2D eigenvalue weighted by molar-refractivity contribution is 0.320. The summed E-state index contributed by atoms with van der Waals surface area (Å²) >= 11 is 0. The minimum absolute atomic E-state index is 0.235. The zero-order chi connectivity index (χ0) is 13.9. The maximum Gasteiger partial charge on any atom is 0.167 e. The van der Waals surface area contributed by atoms with Crippen LogP contribution in [0.4, 0.5) is 14.5 Å². The Labute approximate surface area is 105 Å². The van der Waals surface area contributed by atoms with Crippen LogP contribution in [0.1, 0.15) is 13.8 Å². The van der Waals surface area contributed by atoms with Gasteiger partial charge in [0.15, 0.2) is 21.4 Å². The van der Waals surface area contributed by atoms with Gasteiger partial charge in [0.25, 0.3) is 0 Å². The largest absolute Gasteiger partial charge is 0.489 e. The second kappa shape index (κ2) is 5.51. The van der Waals surface area contributed by atoms with E-state index in [1.807, 2.05) is 0 Å². The molecule has 2 N–H and O–H groups in total. The molecule has 4 nitrogen and oxygen atoms in total. The third kappa shape index (κ3) is 3.56. The van der Waals surface area contributed by atoms with E-state index < -0.39 is 26.7 Å². The van der Waals surface area contributed by atoms with Crippen molar-refractivity contribution in [1.29, 1.82) is 0 Å². The van der Waals surface area contributed by atoms with E-state index in [0.29, 0.717) is 0 Å². The van der Waals surface area contributed by atoms with E-state index in [2.05, 4.69) is 0 Å². The van der Waals surface area contributed by atoms with Gasteiger partial charge < -0.3 is 10.5 Å². The van der Waals surface area contributed by atoms with Gasteiger partial charge in [-0.2, -0.15) is 0 Å². The van der Waals surface area contributed by atoms with Gasteiger partial charge in [0.05, 0.1) is 16.7 Å². The van der Waals surface area contributed by atoms with Crippen LogP contribution in [-0.4, -0.2) is 26.0 Å². The van der Waals surface area contributed by atoms with Crippen molar-refractivity contribution in [2.45, 2.75) is 19.1 Å². The highest BCUT2D eigenvalue weighted by Gasteiger charge is 2.17. The van der Waals surface area contributed by atoms with E-state index in [1.165, 1.54) is 0 Å². The fourth-order valence-electron chi connectivity index (χ4n) is 1.16. The third-order valence-electron chi connectivity index (χ3n) is 2.39. The first kappa shape index (κ1) is 14.7. The molecule has 0 fully saturated rings. The molecule has 1 rings (SSSR count). The predicted molar refractivity (Wildman–Crippen MR) is 65.2 cm³/mol. The smallest absolute Gasteiger partial charge is 0.167 e. The van der Waals surface area contributed by atoms with E-state index in [9.17, 15) is 17.2 Å². The molecule has 0 atom stereocenters. The van der Waals surface area contributed by atoms with Gasteiger partial charge >= 0.3 is 0 Å². The Balaban J connectivity index is 2.68. The van der Waals surface area contributed by atoms with Gasteiger partial charge in [0.1, 0.15) is 12.4 Å². The molecular weight excluding hydrogens is 264 g/mol. The number of sulfone groups is 1. The minimum Gasteiger partial charge on any atom is -0.489 e. The first-order chi connectivity index (χ1) is 8.24. The molecule has 0 heterocycles. The number of anilines is 1. The number of hydrogen-bond donors (Lipinski definition) is 1. The molecule has 0 aliphatic rings. The molecular formula is C11H15F2NO3S. The van der Waals surface area contributed by atoms with Crippen LogP contribution in [0.5, 0.6) is 5.75 Å². The van der Waals surface area contributed by atoms with Crippen LogP contribution in [0.3, 0.4) is 0 Å². The second-order valence-electron chi connectivity index (χ2n) is 4.07. The summed E-state index contributed by atoms with van der Waals surface area (Å²) in [6.07, 6.45) is 0. The molecule has 0 saturated carbocycles. The molecule has 7 heteroatoms. The summed E-state index contributed by atoms with van der Waals surface area (Å²) in [5, 5.41) is -0.533. The summed E-state index contributed by atoms with van der Waals surface area (Å²) < 4.78 is 54.2. The molecule has 1 aromatic rings. The van der Waals surface area contributed by atoms with Crippen molar-refractivity contribution in [3.63, 3.8) is 0 Å². The van der Waals surface area contributed by atoms with Crippen LogP contribution in [0, 0.1) is 11.6 Å². The zero-order valence-electron chi connectivity index (χ0n) is 10.1. The van der Waals surface area contributed by atoms with Crippen molar-refractivity contribution in [2.24, 2.45) is 0 Å². The zero-order valence-corrected chi connectivity index (χ0v) is 10.9. The van der Waals surface area contributed by atoms with Gasteiger partial charge in [-0.1, -0.05) is 0 Å². The Hall–Kier alpha value is -1.37. The fraction of sp³-hybridized carbons (Fsp3) is 0.455. The highest BCUT2D eigenvalue weighted by molar-refractivity contribution is 7.91. The van der Waals surface area contributed by atoms with E-state index >= 15 is 0 Å². The second-order valence-corrected chi connectivity index (χ2v) is 6.75. The van der Waals surface area contributed by atoms with Crippen LogP contribution < -0.4 is 10.5 Å². The van der Waals surface area contributed by atoms with Crippen molar-refractivity contribution in [2.75, 3.05) is 18.1 Å². The molecule has 0 amide bonds. The summed E-state index contributed by atoms with van der Waals surface area (Å²) in [5.74, 6) is -2.23. The van der Waals surface area contributed by atoms with Crippen molar-refractivity contribution in [3.05, 3.63) is 23.8 Å². The number of hydrogen-bond acceptors (Lipinski definition) is 4. The molecule has 18 heavy (non-hydrogen) atoms. The molecule has 0 aliphatic carbocycles. The van der Waals surface area contributed by atoms with Gasteiger partial charge in [0.2, 0.25) is 0 Å². The highest BCUT2D eigenvalue weighted by Crippen LogP contribution is 2.22. The van der Waals surface area contributed by atoms with Crippen LogP contribution >= 0.6 is 0 Å². The van der Waals surface area contributed by atoms with Gasteiger partial charge in [-0.05, 0) is 13.8 Å². The summed E-state index contributed by atoms with van der Waals surface area (Å²) in [5.41, 5.74) is 4.84. The number of rotatable bonds is 5. The normalized spacial score (nSPS) is 11.8. The van der Waals surface area contributed by atoms with Crippen molar-refractivity contribution >= 4 is 15.5 Å². The molecule has 0 unspecified atom stereocenters. The van der Waals surface area contributed by atoms with Crippen LogP contribution in [-0.2, 0) is 9.84 Å². The maximum absolute atomic E-state index is 13.3. The van der Waals surface area contributed by atoms with Gasteiger partial charge in [-0.3, -0.25) is 0 Å². The van der Waals surface area contributed by atoms with Crippen molar-refractivity contribution in [1.82, 2.24) is 0 Å². The lowest BCUT2D eigenvalue weighted by Gasteiger charge is -2.10. The SMILES string of the molecule is CC(C)S(=O)(=O)CCOc1cc(F)c(N)cc1F. The van der Waals surface area contributed by atoms with Crippen molar-refractivity contribution in [3.8, 4) is 5.75 Å². The molecule has 0 saturated heterocycles. The summed E-state index contributed by atoms with van der Waals surface area (Å²) in [7, 11) is -3.27. The Morgan fingerprint density at radius 1 is 1.28 bits per heavy atom. The first-order valence-corrected chi connectivity index (χ1v) is 7.04. The summed E-state index contributed by atoms with van der Waals surface area (Å²) in [6, 6.07) is 1.59. The Morgan fingerprint density at radius 3 is 2.44 bits per heavy atom. The minimum atomic E-state index is -3.27. The summed E-state index contributed by atoms with van der Waals surface area (Å²) in [6.45, 7) is 2.85. The Kier molecular flexibility index (Phi) is 4.50. The Bertz CT molecular complexity index is 529. The molecule has 0 bridgehead atoms. The van der Waals surface area contributed by atoms with E-state index in [1.54, 1.807) is 13.8 Å². The quantitative estimate of drug-likeness (QED) is 0.834. The first-order valence-electron chi connectivity index (χ1n) is 5.33. The van der Waals surface area contributed by atoms with Gasteiger partial charge in [-0.25, -0.2) is 17.2 Å². The topological polar surface area (TPSA) is 69.4 Å². The van der Waals surface area contributed by atoms with E-state index in [-0.39, 0.29) is 23.8 Å². The van der Waals surface area contributed by atoms with Gasteiger partial charge in [0, 0.05) is 12.1 Å². The van der Waals surface area contributed by atoms with Gasteiger partial charge in [-0.15, -0.1) is 0 Å². The molecule has 0 aromatic heterocycles. The molecule has 0 spiro atoms. The fourth-order valence-corrected chi connectivity index (χ4v) is 1.95. The lowest BCUT2D eigenvalue weighted by atomic mass is 10.3. The lowest BCUT2D eigenvalue weighted by Crippen LogP contribution is -2.22. The number of nitrogen functional groups attached to an aromatic ring is 1. The molecule has 0 aliphatic heterocycles. The molecule has 1 aromatic carbocycles.